The van der Waals surface area contributed by atoms with Crippen LogP contribution in [0.15, 0.2) is 24.5 Å². The van der Waals surface area contributed by atoms with Crippen LogP contribution < -0.4 is 5.32 Å². The van der Waals surface area contributed by atoms with Crippen molar-refractivity contribution < 1.29 is 4.79 Å². The maximum atomic E-state index is 13.2. The second-order valence-electron chi connectivity index (χ2n) is 8.68. The third-order valence-electron chi connectivity index (χ3n) is 6.70. The Morgan fingerprint density at radius 2 is 1.92 bits per heavy atom. The van der Waals surface area contributed by atoms with Crippen LogP contribution in [0.25, 0.3) is 11.4 Å². The maximum Gasteiger partial charge on any atom is 0.226 e. The number of amides is 1. The normalized spacial score (nSPS) is 33.2. The van der Waals surface area contributed by atoms with Crippen molar-refractivity contribution in [2.24, 2.45) is 23.2 Å². The van der Waals surface area contributed by atoms with E-state index in [1.54, 1.807) is 12.4 Å². The Labute approximate surface area is 153 Å². The molecule has 1 amide bonds. The molecule has 0 saturated heterocycles. The smallest absolute Gasteiger partial charge is 0.226 e. The van der Waals surface area contributed by atoms with Crippen molar-refractivity contribution in [2.75, 3.05) is 0 Å². The molecule has 136 valence electrons. The molecule has 2 aromatic rings. The predicted octanol–water partition coefficient (Wildman–Crippen LogP) is 3.26. The van der Waals surface area contributed by atoms with Crippen molar-refractivity contribution in [1.29, 1.82) is 0 Å². The lowest BCUT2D eigenvalue weighted by molar-refractivity contribution is -0.147. The molecule has 4 bridgehead atoms. The molecule has 4 fully saturated rings. The molecule has 4 aliphatic carbocycles. The summed E-state index contributed by atoms with van der Waals surface area (Å²) in [4.78, 5) is 21.8. The lowest BCUT2D eigenvalue weighted by atomic mass is 9.49. The van der Waals surface area contributed by atoms with Crippen LogP contribution in [-0.4, -0.2) is 26.1 Å². The molecule has 2 heterocycles. The maximum absolute atomic E-state index is 13.2. The first-order chi connectivity index (χ1) is 12.6. The number of aromatic nitrogens is 4. The number of aromatic amines is 1. The first kappa shape index (κ1) is 16.0. The molecule has 4 saturated carbocycles. The quantitative estimate of drug-likeness (QED) is 0.885. The topological polar surface area (TPSA) is 83.6 Å². The van der Waals surface area contributed by atoms with Crippen LogP contribution in [0.2, 0.25) is 0 Å². The van der Waals surface area contributed by atoms with E-state index < -0.39 is 0 Å². The third-order valence-corrected chi connectivity index (χ3v) is 6.70. The number of H-pyrrole nitrogens is 1. The van der Waals surface area contributed by atoms with Crippen LogP contribution in [-0.2, 0) is 4.79 Å². The van der Waals surface area contributed by atoms with Crippen LogP contribution in [0.4, 0.5) is 0 Å². The van der Waals surface area contributed by atoms with E-state index in [0.29, 0.717) is 11.6 Å². The monoisotopic (exact) mass is 351 g/mol. The lowest BCUT2D eigenvalue weighted by Crippen LogP contribution is -2.53. The fourth-order valence-corrected chi connectivity index (χ4v) is 5.90. The molecule has 26 heavy (non-hydrogen) atoms. The first-order valence-corrected chi connectivity index (χ1v) is 9.75. The highest BCUT2D eigenvalue weighted by atomic mass is 16.2. The SMILES string of the molecule is CC(NC(=O)C12CC3CC(CC(C3)C1)C2)c1nc(-c2cccnc2)n[nH]1. The summed E-state index contributed by atoms with van der Waals surface area (Å²) in [5.41, 5.74) is 0.740. The Kier molecular flexibility index (Phi) is 3.62. The second-order valence-corrected chi connectivity index (χ2v) is 8.68. The summed E-state index contributed by atoms with van der Waals surface area (Å²) in [6.45, 7) is 1.98. The van der Waals surface area contributed by atoms with Gasteiger partial charge in [0, 0.05) is 23.4 Å². The van der Waals surface area contributed by atoms with Crippen LogP contribution >= 0.6 is 0 Å². The van der Waals surface area contributed by atoms with E-state index in [1.165, 1.54) is 19.3 Å². The number of hydrogen-bond donors (Lipinski definition) is 2. The molecule has 6 heteroatoms. The number of rotatable bonds is 4. The standard InChI is InChI=1S/C20H25N5O/c1-12(17-23-18(25-24-17)16-3-2-4-21-11-16)22-19(26)20-8-13-5-14(9-20)7-15(6-13)10-20/h2-4,11-15H,5-10H2,1H3,(H,22,26)(H,23,24,25). The Morgan fingerprint density at radius 3 is 2.54 bits per heavy atom. The van der Waals surface area contributed by atoms with Gasteiger partial charge in [-0.05, 0) is 75.3 Å². The molecule has 4 aliphatic rings. The van der Waals surface area contributed by atoms with Crippen molar-refractivity contribution in [2.45, 2.75) is 51.5 Å². The van der Waals surface area contributed by atoms with Gasteiger partial charge < -0.3 is 5.32 Å². The molecule has 2 aromatic heterocycles. The minimum atomic E-state index is -0.173. The summed E-state index contributed by atoms with van der Waals surface area (Å²) in [6.07, 6.45) is 10.7. The van der Waals surface area contributed by atoms with Crippen LogP contribution in [0, 0.1) is 23.2 Å². The fourth-order valence-electron chi connectivity index (χ4n) is 5.90. The van der Waals surface area contributed by atoms with Gasteiger partial charge in [0.2, 0.25) is 5.91 Å². The molecule has 0 aliphatic heterocycles. The molecule has 6 nitrogen and oxygen atoms in total. The summed E-state index contributed by atoms with van der Waals surface area (Å²) in [5, 5.41) is 10.5. The lowest BCUT2D eigenvalue weighted by Gasteiger charge is -2.55. The van der Waals surface area contributed by atoms with Gasteiger partial charge in [0.1, 0.15) is 5.82 Å². The third kappa shape index (κ3) is 2.63. The summed E-state index contributed by atoms with van der Waals surface area (Å²) >= 11 is 0. The molecule has 0 aromatic carbocycles. The molecule has 1 atom stereocenters. The van der Waals surface area contributed by atoms with Crippen molar-refractivity contribution in [3.05, 3.63) is 30.4 Å². The van der Waals surface area contributed by atoms with E-state index in [-0.39, 0.29) is 17.4 Å². The average Bonchev–Trinajstić information content (AvgIpc) is 3.11. The van der Waals surface area contributed by atoms with E-state index in [2.05, 4.69) is 25.5 Å². The summed E-state index contributed by atoms with van der Waals surface area (Å²) in [6, 6.07) is 3.62. The minimum absolute atomic E-state index is 0.130. The van der Waals surface area contributed by atoms with Crippen molar-refractivity contribution in [1.82, 2.24) is 25.5 Å². The number of nitrogens with zero attached hydrogens (tertiary/aromatic N) is 3. The number of carbonyl (C=O) groups is 1. The Bertz CT molecular complexity index is 779. The van der Waals surface area contributed by atoms with E-state index in [4.69, 9.17) is 0 Å². The Morgan fingerprint density at radius 1 is 1.23 bits per heavy atom. The Hall–Kier alpha value is -2.24. The molecule has 2 N–H and O–H groups in total. The molecule has 6 rings (SSSR count). The zero-order chi connectivity index (χ0) is 17.7. The zero-order valence-electron chi connectivity index (χ0n) is 15.1. The molecule has 1 unspecified atom stereocenters. The van der Waals surface area contributed by atoms with Gasteiger partial charge in [-0.2, -0.15) is 5.10 Å². The fraction of sp³-hybridized carbons (Fsp3) is 0.600. The largest absolute Gasteiger partial charge is 0.346 e. The van der Waals surface area contributed by atoms with Gasteiger partial charge in [-0.1, -0.05) is 0 Å². The zero-order valence-corrected chi connectivity index (χ0v) is 15.1. The summed E-state index contributed by atoms with van der Waals surface area (Å²) in [7, 11) is 0. The van der Waals surface area contributed by atoms with Gasteiger partial charge in [0.05, 0.1) is 6.04 Å². The highest BCUT2D eigenvalue weighted by molar-refractivity contribution is 5.83. The van der Waals surface area contributed by atoms with Crippen molar-refractivity contribution in [3.63, 3.8) is 0 Å². The van der Waals surface area contributed by atoms with Crippen LogP contribution in [0.1, 0.15) is 57.3 Å². The highest BCUT2D eigenvalue weighted by Crippen LogP contribution is 2.60. The summed E-state index contributed by atoms with van der Waals surface area (Å²) < 4.78 is 0. The molecular weight excluding hydrogens is 326 g/mol. The van der Waals surface area contributed by atoms with Gasteiger partial charge in [0.15, 0.2) is 5.82 Å². The van der Waals surface area contributed by atoms with Gasteiger partial charge in [0.25, 0.3) is 0 Å². The van der Waals surface area contributed by atoms with Gasteiger partial charge in [-0.3, -0.25) is 14.9 Å². The number of nitrogens with one attached hydrogen (secondary N) is 2. The molecule has 0 radical (unpaired) electrons. The molecule has 0 spiro atoms. The van der Waals surface area contributed by atoms with E-state index >= 15 is 0 Å². The van der Waals surface area contributed by atoms with Crippen molar-refractivity contribution >= 4 is 5.91 Å². The van der Waals surface area contributed by atoms with Crippen molar-refractivity contribution in [3.8, 4) is 11.4 Å². The predicted molar refractivity (Wildman–Crippen MR) is 96.8 cm³/mol. The van der Waals surface area contributed by atoms with Crippen LogP contribution in [0.5, 0.6) is 0 Å². The number of hydrogen-bond acceptors (Lipinski definition) is 4. The van der Waals surface area contributed by atoms with Gasteiger partial charge in [-0.15, -0.1) is 0 Å². The molecular formula is C20H25N5O. The number of pyridine rings is 1. The van der Waals surface area contributed by atoms with Gasteiger partial charge >= 0.3 is 0 Å². The highest BCUT2D eigenvalue weighted by Gasteiger charge is 2.54. The first-order valence-electron chi connectivity index (χ1n) is 9.75. The van der Waals surface area contributed by atoms with E-state index in [9.17, 15) is 4.79 Å². The number of carbonyl (C=O) groups excluding carboxylic acids is 1. The average molecular weight is 351 g/mol. The van der Waals surface area contributed by atoms with E-state index in [1.807, 2.05) is 19.1 Å². The van der Waals surface area contributed by atoms with Crippen LogP contribution in [0.3, 0.4) is 0 Å². The minimum Gasteiger partial charge on any atom is -0.346 e. The Balaban J connectivity index is 1.31. The second kappa shape index (κ2) is 5.89. The van der Waals surface area contributed by atoms with Gasteiger partial charge in [-0.25, -0.2) is 4.98 Å². The summed E-state index contributed by atoms with van der Waals surface area (Å²) in [5.74, 6) is 3.84. The van der Waals surface area contributed by atoms with E-state index in [0.717, 1.165) is 42.6 Å².